The number of rotatable bonds is 4. The van der Waals surface area contributed by atoms with Gasteiger partial charge in [0.15, 0.2) is 0 Å². The molecule has 0 aromatic carbocycles. The molecule has 0 amide bonds. The van der Waals surface area contributed by atoms with E-state index in [1.54, 1.807) is 0 Å². The topological polar surface area (TPSA) is 3.24 Å². The van der Waals surface area contributed by atoms with Crippen molar-refractivity contribution in [2.75, 3.05) is 13.1 Å². The molecule has 0 spiro atoms. The van der Waals surface area contributed by atoms with Crippen LogP contribution in [-0.2, 0) is 0 Å². The molecule has 1 aliphatic heterocycles. The maximum atomic E-state index is 4.40. The van der Waals surface area contributed by atoms with E-state index in [4.69, 9.17) is 0 Å². The maximum Gasteiger partial charge on any atom is 0.00922 e. The van der Waals surface area contributed by atoms with E-state index in [-0.39, 0.29) is 0 Å². The minimum Gasteiger partial charge on any atom is -0.253 e. The zero-order valence-corrected chi connectivity index (χ0v) is 9.95. The average molecular weight is 201 g/mol. The quantitative estimate of drug-likeness (QED) is 0.681. The summed E-state index contributed by atoms with van der Waals surface area (Å²) in [6, 6.07) is 0. The first-order valence-corrected chi connectivity index (χ1v) is 6.06. The number of thiol groups is 1. The lowest BCUT2D eigenvalue weighted by atomic mass is 9.73. The zero-order chi connectivity index (χ0) is 9.73. The fraction of sp³-hybridized carbons (Fsp3) is 1.00. The van der Waals surface area contributed by atoms with Gasteiger partial charge in [-0.05, 0) is 24.7 Å². The van der Waals surface area contributed by atoms with Gasteiger partial charge in [0.1, 0.15) is 0 Å². The molecule has 1 rings (SSSR count). The molecule has 13 heavy (non-hydrogen) atoms. The van der Waals surface area contributed by atoms with Crippen molar-refractivity contribution >= 4 is 12.8 Å². The Morgan fingerprint density at radius 1 is 1.23 bits per heavy atom. The first-order chi connectivity index (χ1) is 6.22. The smallest absolute Gasteiger partial charge is 0.00922 e. The van der Waals surface area contributed by atoms with Crippen LogP contribution < -0.4 is 0 Å². The number of unbranched alkanes of at least 4 members (excludes halogenated alkanes) is 1. The molecule has 0 aromatic heterocycles. The molecule has 0 radical (unpaired) electrons. The summed E-state index contributed by atoms with van der Waals surface area (Å²) >= 11 is 4.40. The molecule has 1 nitrogen and oxygen atoms in total. The third-order valence-electron chi connectivity index (χ3n) is 3.61. The van der Waals surface area contributed by atoms with Crippen molar-refractivity contribution in [2.45, 2.75) is 52.4 Å². The molecule has 2 heteroatoms. The lowest BCUT2D eigenvalue weighted by Gasteiger charge is -2.39. The lowest BCUT2D eigenvalue weighted by Crippen LogP contribution is -2.35. The van der Waals surface area contributed by atoms with E-state index >= 15 is 0 Å². The van der Waals surface area contributed by atoms with E-state index < -0.39 is 0 Å². The van der Waals surface area contributed by atoms with Crippen LogP contribution in [0.5, 0.6) is 0 Å². The molecule has 0 unspecified atom stereocenters. The van der Waals surface area contributed by atoms with Gasteiger partial charge >= 0.3 is 0 Å². The van der Waals surface area contributed by atoms with Gasteiger partial charge in [-0.25, -0.2) is 0 Å². The molecule has 1 heterocycles. The standard InChI is InChI=1S/C11H23NS/c1-3-5-6-11(4-2)7-9-12(13)10-8-11/h13H,3-10H2,1-2H3. The Balaban J connectivity index is 2.40. The van der Waals surface area contributed by atoms with Crippen LogP contribution in [0, 0.1) is 5.41 Å². The molecule has 1 fully saturated rings. The highest BCUT2D eigenvalue weighted by molar-refractivity contribution is 7.77. The van der Waals surface area contributed by atoms with Gasteiger partial charge in [0, 0.05) is 13.1 Å². The Hall–Kier alpha value is 0.310. The minimum absolute atomic E-state index is 0.662. The second-order valence-electron chi connectivity index (χ2n) is 4.41. The van der Waals surface area contributed by atoms with Gasteiger partial charge in [-0.1, -0.05) is 45.9 Å². The first kappa shape index (κ1) is 11.4. The number of hydrogen-bond donors (Lipinski definition) is 1. The largest absolute Gasteiger partial charge is 0.253 e. The Labute approximate surface area is 88.4 Å². The van der Waals surface area contributed by atoms with Gasteiger partial charge in [0.25, 0.3) is 0 Å². The third kappa shape index (κ3) is 3.17. The van der Waals surface area contributed by atoms with Crippen LogP contribution >= 0.6 is 12.8 Å². The van der Waals surface area contributed by atoms with Crippen molar-refractivity contribution in [3.8, 4) is 0 Å². The van der Waals surface area contributed by atoms with Crippen LogP contribution in [0.15, 0.2) is 0 Å². The molecule has 0 bridgehead atoms. The second kappa shape index (κ2) is 5.26. The van der Waals surface area contributed by atoms with Gasteiger partial charge in [0.05, 0.1) is 0 Å². The number of piperidine rings is 1. The first-order valence-electron chi connectivity index (χ1n) is 5.66. The van der Waals surface area contributed by atoms with Crippen molar-refractivity contribution in [3.05, 3.63) is 0 Å². The van der Waals surface area contributed by atoms with E-state index in [9.17, 15) is 0 Å². The van der Waals surface area contributed by atoms with Gasteiger partial charge in [-0.15, -0.1) is 0 Å². The predicted molar refractivity (Wildman–Crippen MR) is 62.0 cm³/mol. The summed E-state index contributed by atoms with van der Waals surface area (Å²) in [7, 11) is 0. The summed E-state index contributed by atoms with van der Waals surface area (Å²) in [5, 5.41) is 0. The molecule has 0 aliphatic carbocycles. The number of hydrogen-bond acceptors (Lipinski definition) is 2. The Morgan fingerprint density at radius 3 is 2.31 bits per heavy atom. The summed E-state index contributed by atoms with van der Waals surface area (Å²) in [5.74, 6) is 0. The summed E-state index contributed by atoms with van der Waals surface area (Å²) in [5.41, 5.74) is 0.662. The zero-order valence-electron chi connectivity index (χ0n) is 9.05. The van der Waals surface area contributed by atoms with E-state index in [2.05, 4.69) is 31.0 Å². The second-order valence-corrected chi connectivity index (χ2v) is 4.98. The Bertz CT molecular complexity index is 134. The summed E-state index contributed by atoms with van der Waals surface area (Å²) in [6.45, 7) is 7.00. The van der Waals surface area contributed by atoms with E-state index in [1.165, 1.54) is 51.6 Å². The van der Waals surface area contributed by atoms with Gasteiger partial charge < -0.3 is 0 Å². The highest BCUT2D eigenvalue weighted by Gasteiger charge is 2.31. The van der Waals surface area contributed by atoms with Crippen molar-refractivity contribution in [2.24, 2.45) is 5.41 Å². The van der Waals surface area contributed by atoms with Crippen LogP contribution in [0.1, 0.15) is 52.4 Å². The maximum absolute atomic E-state index is 4.40. The minimum atomic E-state index is 0.662. The highest BCUT2D eigenvalue weighted by Crippen LogP contribution is 2.39. The lowest BCUT2D eigenvalue weighted by molar-refractivity contribution is 0.138. The molecule has 78 valence electrons. The SMILES string of the molecule is CCCCC1(CC)CCN(S)CC1. The van der Waals surface area contributed by atoms with E-state index in [0.717, 1.165) is 0 Å². The average Bonchev–Trinajstić information content (AvgIpc) is 2.18. The van der Waals surface area contributed by atoms with Crippen LogP contribution in [0.3, 0.4) is 0 Å². The van der Waals surface area contributed by atoms with Crippen molar-refractivity contribution < 1.29 is 0 Å². The van der Waals surface area contributed by atoms with Gasteiger partial charge in [0.2, 0.25) is 0 Å². The van der Waals surface area contributed by atoms with E-state index in [0.29, 0.717) is 5.41 Å². The van der Waals surface area contributed by atoms with Crippen LogP contribution in [0.25, 0.3) is 0 Å². The molecule has 1 saturated heterocycles. The molecule has 0 N–H and O–H groups in total. The number of nitrogens with zero attached hydrogens (tertiary/aromatic N) is 1. The van der Waals surface area contributed by atoms with Gasteiger partial charge in [-0.3, -0.25) is 4.31 Å². The predicted octanol–water partition coefficient (Wildman–Crippen LogP) is 3.51. The van der Waals surface area contributed by atoms with Crippen molar-refractivity contribution in [1.82, 2.24) is 4.31 Å². The summed E-state index contributed by atoms with van der Waals surface area (Å²) < 4.78 is 2.17. The van der Waals surface area contributed by atoms with Crippen molar-refractivity contribution in [3.63, 3.8) is 0 Å². The third-order valence-corrected chi connectivity index (χ3v) is 4.01. The molecular weight excluding hydrogens is 178 g/mol. The monoisotopic (exact) mass is 201 g/mol. The van der Waals surface area contributed by atoms with Crippen LogP contribution in [-0.4, -0.2) is 17.4 Å². The fourth-order valence-corrected chi connectivity index (χ4v) is 2.50. The molecule has 0 atom stereocenters. The summed E-state index contributed by atoms with van der Waals surface area (Å²) in [4.78, 5) is 0. The van der Waals surface area contributed by atoms with Crippen LogP contribution in [0.2, 0.25) is 0 Å². The Kier molecular flexibility index (Phi) is 4.60. The van der Waals surface area contributed by atoms with Gasteiger partial charge in [-0.2, -0.15) is 0 Å². The van der Waals surface area contributed by atoms with Crippen molar-refractivity contribution in [1.29, 1.82) is 0 Å². The molecule has 1 aliphatic rings. The summed E-state index contributed by atoms with van der Waals surface area (Å²) in [6.07, 6.45) is 8.24. The highest BCUT2D eigenvalue weighted by atomic mass is 32.1. The molecule has 0 saturated carbocycles. The fourth-order valence-electron chi connectivity index (χ4n) is 2.30. The van der Waals surface area contributed by atoms with E-state index in [1.807, 2.05) is 0 Å². The Morgan fingerprint density at radius 2 is 1.85 bits per heavy atom. The van der Waals surface area contributed by atoms with Crippen LogP contribution in [0.4, 0.5) is 0 Å². The normalized spacial score (nSPS) is 23.3. The molecule has 0 aromatic rings. The molecular formula is C11H23NS.